The van der Waals surface area contributed by atoms with Crippen LogP contribution in [0.15, 0.2) is 58.7 Å². The van der Waals surface area contributed by atoms with Gasteiger partial charge in [0.2, 0.25) is 0 Å². The molecule has 0 spiro atoms. The standard InChI is InChI=1S/C17H20N4O4S/c1-3-25-17(22)12-13(2)19-20-14-7-9-15(10-8-14)26(23,24)21-16-6-4-5-11-18-16/h4-11,20H,3,12H2,1-2H3,(H,18,21)/b19-13+. The molecule has 0 aliphatic heterocycles. The van der Waals surface area contributed by atoms with Gasteiger partial charge in [-0.25, -0.2) is 13.4 Å². The monoisotopic (exact) mass is 376 g/mol. The predicted molar refractivity (Wildman–Crippen MR) is 99.5 cm³/mol. The number of nitrogens with one attached hydrogen (secondary N) is 2. The fourth-order valence-electron chi connectivity index (χ4n) is 1.95. The van der Waals surface area contributed by atoms with Crippen molar-refractivity contribution in [1.82, 2.24) is 4.98 Å². The average Bonchev–Trinajstić information content (AvgIpc) is 2.61. The molecule has 0 bridgehead atoms. The molecule has 1 heterocycles. The van der Waals surface area contributed by atoms with Crippen LogP contribution in [-0.4, -0.2) is 31.7 Å². The number of benzene rings is 1. The predicted octanol–water partition coefficient (Wildman–Crippen LogP) is 2.62. The van der Waals surface area contributed by atoms with Gasteiger partial charge in [-0.15, -0.1) is 0 Å². The maximum atomic E-state index is 12.3. The van der Waals surface area contributed by atoms with Gasteiger partial charge >= 0.3 is 5.97 Å². The summed E-state index contributed by atoms with van der Waals surface area (Å²) in [6.07, 6.45) is 1.59. The number of anilines is 2. The molecule has 26 heavy (non-hydrogen) atoms. The van der Waals surface area contributed by atoms with Crippen molar-refractivity contribution in [2.24, 2.45) is 5.10 Å². The van der Waals surface area contributed by atoms with Gasteiger partial charge in [-0.05, 0) is 50.2 Å². The Morgan fingerprint density at radius 2 is 1.92 bits per heavy atom. The number of hydrogen-bond acceptors (Lipinski definition) is 7. The molecule has 8 nitrogen and oxygen atoms in total. The fraction of sp³-hybridized carbons (Fsp3) is 0.235. The summed E-state index contributed by atoms with van der Waals surface area (Å²) in [4.78, 5) is 15.4. The first-order valence-corrected chi connectivity index (χ1v) is 9.37. The summed E-state index contributed by atoms with van der Waals surface area (Å²) >= 11 is 0. The van der Waals surface area contributed by atoms with Gasteiger partial charge in [0, 0.05) is 11.9 Å². The number of pyridine rings is 1. The van der Waals surface area contributed by atoms with E-state index in [4.69, 9.17) is 4.74 Å². The van der Waals surface area contributed by atoms with Crippen molar-refractivity contribution in [2.75, 3.05) is 16.8 Å². The van der Waals surface area contributed by atoms with Crippen molar-refractivity contribution in [3.05, 3.63) is 48.7 Å². The molecular weight excluding hydrogens is 356 g/mol. The van der Waals surface area contributed by atoms with Crippen LogP contribution >= 0.6 is 0 Å². The first-order valence-electron chi connectivity index (χ1n) is 7.89. The molecule has 0 radical (unpaired) electrons. The molecule has 0 aliphatic rings. The number of nitrogens with zero attached hydrogens (tertiary/aromatic N) is 2. The van der Waals surface area contributed by atoms with Crippen LogP contribution in [0.25, 0.3) is 0 Å². The summed E-state index contributed by atoms with van der Waals surface area (Å²) < 4.78 is 31.9. The molecule has 9 heteroatoms. The van der Waals surface area contributed by atoms with E-state index in [0.29, 0.717) is 18.0 Å². The third-order valence-corrected chi connectivity index (χ3v) is 4.52. The molecule has 2 N–H and O–H groups in total. The third-order valence-electron chi connectivity index (χ3n) is 3.15. The van der Waals surface area contributed by atoms with Crippen LogP contribution < -0.4 is 10.1 Å². The Labute approximate surface area is 152 Å². The van der Waals surface area contributed by atoms with Gasteiger partial charge in [-0.1, -0.05) is 6.07 Å². The van der Waals surface area contributed by atoms with Crippen molar-refractivity contribution in [2.45, 2.75) is 25.2 Å². The van der Waals surface area contributed by atoms with E-state index in [-0.39, 0.29) is 23.1 Å². The zero-order valence-electron chi connectivity index (χ0n) is 14.5. The summed E-state index contributed by atoms with van der Waals surface area (Å²) in [5.41, 5.74) is 3.91. The van der Waals surface area contributed by atoms with Crippen LogP contribution in [0.4, 0.5) is 11.5 Å². The molecule has 0 saturated heterocycles. The second kappa shape index (κ2) is 8.95. The lowest BCUT2D eigenvalue weighted by Crippen LogP contribution is -2.13. The number of sulfonamides is 1. The highest BCUT2D eigenvalue weighted by molar-refractivity contribution is 7.92. The normalized spacial score (nSPS) is 11.7. The molecular formula is C17H20N4O4S. The van der Waals surface area contributed by atoms with E-state index >= 15 is 0 Å². The Kier molecular flexibility index (Phi) is 6.67. The Hall–Kier alpha value is -2.94. The summed E-state index contributed by atoms with van der Waals surface area (Å²) in [6.45, 7) is 3.75. The summed E-state index contributed by atoms with van der Waals surface area (Å²) in [5.74, 6) is -0.105. The highest BCUT2D eigenvalue weighted by Crippen LogP contribution is 2.17. The van der Waals surface area contributed by atoms with E-state index in [2.05, 4.69) is 20.2 Å². The van der Waals surface area contributed by atoms with E-state index in [0.717, 1.165) is 0 Å². The summed E-state index contributed by atoms with van der Waals surface area (Å²) in [7, 11) is -3.72. The highest BCUT2D eigenvalue weighted by Gasteiger charge is 2.14. The zero-order chi connectivity index (χ0) is 19.0. The minimum atomic E-state index is -3.72. The minimum Gasteiger partial charge on any atom is -0.466 e. The van der Waals surface area contributed by atoms with Gasteiger partial charge in [-0.3, -0.25) is 14.9 Å². The third kappa shape index (κ3) is 5.85. The number of hydrazone groups is 1. The number of esters is 1. The van der Waals surface area contributed by atoms with Crippen molar-refractivity contribution < 1.29 is 17.9 Å². The molecule has 0 amide bonds. The van der Waals surface area contributed by atoms with E-state index in [1.807, 2.05) is 0 Å². The van der Waals surface area contributed by atoms with Crippen LogP contribution in [0.5, 0.6) is 0 Å². The lowest BCUT2D eigenvalue weighted by atomic mass is 10.3. The van der Waals surface area contributed by atoms with Crippen LogP contribution in [0.3, 0.4) is 0 Å². The Balaban J connectivity index is 2.00. The van der Waals surface area contributed by atoms with E-state index in [1.165, 1.54) is 18.3 Å². The molecule has 2 aromatic rings. The van der Waals surface area contributed by atoms with Gasteiger partial charge in [0.25, 0.3) is 10.0 Å². The number of ether oxygens (including phenoxy) is 1. The van der Waals surface area contributed by atoms with Crippen LogP contribution in [0.2, 0.25) is 0 Å². The molecule has 1 aromatic heterocycles. The topological polar surface area (TPSA) is 110 Å². The van der Waals surface area contributed by atoms with Gasteiger partial charge in [0.15, 0.2) is 0 Å². The Bertz CT molecular complexity index is 865. The van der Waals surface area contributed by atoms with Gasteiger partial charge in [0.05, 0.1) is 23.6 Å². The number of carbonyl (C=O) groups excluding carboxylic acids is 1. The van der Waals surface area contributed by atoms with Crippen molar-refractivity contribution in [3.63, 3.8) is 0 Å². The van der Waals surface area contributed by atoms with Gasteiger partial charge in [0.1, 0.15) is 5.82 Å². The largest absolute Gasteiger partial charge is 0.466 e. The molecule has 0 atom stereocenters. The molecule has 0 unspecified atom stereocenters. The smallest absolute Gasteiger partial charge is 0.311 e. The summed E-state index contributed by atoms with van der Waals surface area (Å²) in [5, 5.41) is 4.07. The van der Waals surface area contributed by atoms with Crippen LogP contribution in [0.1, 0.15) is 20.3 Å². The minimum absolute atomic E-state index is 0.0846. The number of rotatable bonds is 8. The second-order valence-electron chi connectivity index (χ2n) is 5.29. The van der Waals surface area contributed by atoms with E-state index in [9.17, 15) is 13.2 Å². The Morgan fingerprint density at radius 3 is 2.54 bits per heavy atom. The van der Waals surface area contributed by atoms with E-state index in [1.54, 1.807) is 44.2 Å². The van der Waals surface area contributed by atoms with Crippen LogP contribution in [0, 0.1) is 0 Å². The maximum absolute atomic E-state index is 12.3. The van der Waals surface area contributed by atoms with Gasteiger partial charge < -0.3 is 4.74 Å². The first-order chi connectivity index (χ1) is 12.4. The van der Waals surface area contributed by atoms with Crippen LogP contribution in [-0.2, 0) is 19.6 Å². The van der Waals surface area contributed by atoms with Crippen molar-refractivity contribution >= 4 is 33.2 Å². The highest BCUT2D eigenvalue weighted by atomic mass is 32.2. The molecule has 0 fully saturated rings. The number of aromatic nitrogens is 1. The molecule has 1 aromatic carbocycles. The first kappa shape index (κ1) is 19.4. The van der Waals surface area contributed by atoms with E-state index < -0.39 is 10.0 Å². The molecule has 0 aliphatic carbocycles. The molecule has 0 saturated carbocycles. The second-order valence-corrected chi connectivity index (χ2v) is 6.97. The zero-order valence-corrected chi connectivity index (χ0v) is 15.3. The van der Waals surface area contributed by atoms with Crippen molar-refractivity contribution in [1.29, 1.82) is 0 Å². The average molecular weight is 376 g/mol. The van der Waals surface area contributed by atoms with Crippen molar-refractivity contribution in [3.8, 4) is 0 Å². The fourth-order valence-corrected chi connectivity index (χ4v) is 2.96. The van der Waals surface area contributed by atoms with Gasteiger partial charge in [-0.2, -0.15) is 5.10 Å². The lowest BCUT2D eigenvalue weighted by molar-refractivity contribution is -0.141. The molecule has 138 valence electrons. The Morgan fingerprint density at radius 1 is 1.19 bits per heavy atom. The SMILES string of the molecule is CCOC(=O)C/C(C)=N/Nc1ccc(S(=O)(=O)Nc2ccccn2)cc1. The maximum Gasteiger partial charge on any atom is 0.311 e. The molecule has 2 rings (SSSR count). The quantitative estimate of drug-likeness (QED) is 0.416. The number of hydrogen-bond donors (Lipinski definition) is 2. The summed E-state index contributed by atoms with van der Waals surface area (Å²) in [6, 6.07) is 11.0. The lowest BCUT2D eigenvalue weighted by Gasteiger charge is -2.08. The number of carbonyl (C=O) groups is 1.